The molecule has 4 rings (SSSR count). The Bertz CT molecular complexity index is 753. The zero-order valence-corrected chi connectivity index (χ0v) is 14.5. The second kappa shape index (κ2) is 6.80. The summed E-state index contributed by atoms with van der Waals surface area (Å²) in [6, 6.07) is 7.91. The molecule has 6 heteroatoms. The topological polar surface area (TPSA) is 61.4 Å². The molecule has 1 saturated heterocycles. The standard InChI is InChI=1S/C19H23N5O/c1-23-9-11-24(12-10-23)17-7-5-15(13-21-17)22-19(25)16-6-4-14-3-2-8-20-18(14)16/h2-3,5,7-8,13,16H,4,6,9-12H2,1H3,(H,22,25). The van der Waals surface area contributed by atoms with Crippen molar-refractivity contribution in [3.8, 4) is 0 Å². The maximum atomic E-state index is 12.6. The molecule has 1 amide bonds. The minimum Gasteiger partial charge on any atom is -0.354 e. The van der Waals surface area contributed by atoms with Gasteiger partial charge in [0.15, 0.2) is 0 Å². The van der Waals surface area contributed by atoms with Crippen LogP contribution in [0.1, 0.15) is 23.6 Å². The van der Waals surface area contributed by atoms with Crippen molar-refractivity contribution in [1.29, 1.82) is 0 Å². The first kappa shape index (κ1) is 16.0. The van der Waals surface area contributed by atoms with Crippen molar-refractivity contribution >= 4 is 17.4 Å². The fourth-order valence-corrected chi connectivity index (χ4v) is 3.58. The number of rotatable bonds is 3. The molecule has 0 spiro atoms. The first-order chi connectivity index (χ1) is 12.2. The molecular formula is C19H23N5O. The van der Waals surface area contributed by atoms with E-state index in [1.807, 2.05) is 18.2 Å². The second-order valence-corrected chi connectivity index (χ2v) is 6.82. The van der Waals surface area contributed by atoms with E-state index in [1.54, 1.807) is 12.4 Å². The third-order valence-corrected chi connectivity index (χ3v) is 5.12. The summed E-state index contributed by atoms with van der Waals surface area (Å²) >= 11 is 0. The molecule has 130 valence electrons. The molecule has 1 N–H and O–H groups in total. The van der Waals surface area contributed by atoms with Gasteiger partial charge in [-0.25, -0.2) is 4.98 Å². The summed E-state index contributed by atoms with van der Waals surface area (Å²) in [7, 11) is 2.14. The fraction of sp³-hybridized carbons (Fsp3) is 0.421. The van der Waals surface area contributed by atoms with Crippen LogP contribution in [0.25, 0.3) is 0 Å². The minimum atomic E-state index is -0.159. The van der Waals surface area contributed by atoms with Gasteiger partial charge in [0.05, 0.1) is 23.5 Å². The minimum absolute atomic E-state index is 0.00611. The lowest BCUT2D eigenvalue weighted by Crippen LogP contribution is -2.44. The number of pyridine rings is 2. The van der Waals surface area contributed by atoms with Crippen LogP contribution < -0.4 is 10.2 Å². The van der Waals surface area contributed by atoms with Crippen molar-refractivity contribution in [2.24, 2.45) is 0 Å². The molecule has 6 nitrogen and oxygen atoms in total. The summed E-state index contributed by atoms with van der Waals surface area (Å²) in [5.41, 5.74) is 2.85. The van der Waals surface area contributed by atoms with Crippen LogP contribution in [-0.4, -0.2) is 54.0 Å². The number of nitrogens with one attached hydrogen (secondary N) is 1. The third-order valence-electron chi connectivity index (χ3n) is 5.12. The first-order valence-electron chi connectivity index (χ1n) is 8.85. The molecule has 1 fully saturated rings. The molecule has 0 aromatic carbocycles. The lowest BCUT2D eigenvalue weighted by molar-refractivity contribution is -0.117. The monoisotopic (exact) mass is 337 g/mol. The molecular weight excluding hydrogens is 314 g/mol. The van der Waals surface area contributed by atoms with E-state index >= 15 is 0 Å². The molecule has 0 saturated carbocycles. The molecule has 25 heavy (non-hydrogen) atoms. The Morgan fingerprint density at radius 3 is 2.76 bits per heavy atom. The normalized spacial score (nSPS) is 20.4. The van der Waals surface area contributed by atoms with E-state index in [4.69, 9.17) is 0 Å². The Labute approximate surface area is 147 Å². The van der Waals surface area contributed by atoms with Crippen molar-refractivity contribution < 1.29 is 4.79 Å². The highest BCUT2D eigenvalue weighted by Gasteiger charge is 2.29. The molecule has 1 aliphatic carbocycles. The molecule has 3 heterocycles. The summed E-state index contributed by atoms with van der Waals surface area (Å²) < 4.78 is 0. The average molecular weight is 337 g/mol. The Morgan fingerprint density at radius 2 is 2.00 bits per heavy atom. The van der Waals surface area contributed by atoms with E-state index in [0.29, 0.717) is 0 Å². The number of anilines is 2. The Balaban J connectivity index is 1.41. The Kier molecular flexibility index (Phi) is 4.36. The van der Waals surface area contributed by atoms with Gasteiger partial charge in [0, 0.05) is 32.4 Å². The van der Waals surface area contributed by atoms with E-state index in [-0.39, 0.29) is 11.8 Å². The van der Waals surface area contributed by atoms with Gasteiger partial charge in [-0.15, -0.1) is 0 Å². The van der Waals surface area contributed by atoms with Gasteiger partial charge in [-0.2, -0.15) is 0 Å². The van der Waals surface area contributed by atoms with Gasteiger partial charge in [0.25, 0.3) is 0 Å². The highest BCUT2D eigenvalue weighted by Crippen LogP contribution is 2.32. The van der Waals surface area contributed by atoms with E-state index in [2.05, 4.69) is 38.2 Å². The maximum absolute atomic E-state index is 12.6. The number of aryl methyl sites for hydroxylation is 1. The molecule has 1 unspecified atom stereocenters. The van der Waals surface area contributed by atoms with Crippen LogP contribution >= 0.6 is 0 Å². The van der Waals surface area contributed by atoms with E-state index < -0.39 is 0 Å². The Hall–Kier alpha value is -2.47. The van der Waals surface area contributed by atoms with Crippen molar-refractivity contribution in [3.63, 3.8) is 0 Å². The summed E-state index contributed by atoms with van der Waals surface area (Å²) in [5, 5.41) is 2.99. The van der Waals surface area contributed by atoms with Crippen LogP contribution in [0, 0.1) is 0 Å². The number of hydrogen-bond donors (Lipinski definition) is 1. The molecule has 2 aromatic rings. The first-order valence-corrected chi connectivity index (χ1v) is 8.85. The molecule has 0 bridgehead atoms. The lowest BCUT2D eigenvalue weighted by atomic mass is 10.1. The number of nitrogens with zero attached hydrogens (tertiary/aromatic N) is 4. The number of hydrogen-bond acceptors (Lipinski definition) is 5. The summed E-state index contributed by atoms with van der Waals surface area (Å²) in [6.07, 6.45) is 5.25. The van der Waals surface area contributed by atoms with Gasteiger partial charge >= 0.3 is 0 Å². The maximum Gasteiger partial charge on any atom is 0.233 e. The molecule has 0 radical (unpaired) electrons. The molecule has 2 aliphatic rings. The zero-order valence-electron chi connectivity index (χ0n) is 14.5. The van der Waals surface area contributed by atoms with Gasteiger partial charge in [-0.3, -0.25) is 9.78 Å². The smallest absolute Gasteiger partial charge is 0.233 e. The SMILES string of the molecule is CN1CCN(c2ccc(NC(=O)C3CCc4cccnc43)cn2)CC1. The van der Waals surface area contributed by atoms with E-state index in [0.717, 1.165) is 56.2 Å². The third kappa shape index (κ3) is 3.35. The van der Waals surface area contributed by atoms with E-state index in [1.165, 1.54) is 5.56 Å². The number of carbonyl (C=O) groups excluding carboxylic acids is 1. The quantitative estimate of drug-likeness (QED) is 0.927. The van der Waals surface area contributed by atoms with Gasteiger partial charge in [-0.1, -0.05) is 6.07 Å². The number of likely N-dealkylation sites (N-methyl/N-ethyl adjacent to an activating group) is 1. The van der Waals surface area contributed by atoms with Crippen molar-refractivity contribution in [2.75, 3.05) is 43.4 Å². The van der Waals surface area contributed by atoms with Crippen molar-refractivity contribution in [2.45, 2.75) is 18.8 Å². The average Bonchev–Trinajstić information content (AvgIpc) is 3.07. The van der Waals surface area contributed by atoms with E-state index in [9.17, 15) is 4.79 Å². The molecule has 1 aliphatic heterocycles. The van der Waals surface area contributed by atoms with Crippen molar-refractivity contribution in [3.05, 3.63) is 47.9 Å². The highest BCUT2D eigenvalue weighted by molar-refractivity contribution is 5.96. The van der Waals surface area contributed by atoms with Crippen molar-refractivity contribution in [1.82, 2.24) is 14.9 Å². The van der Waals surface area contributed by atoms with Crippen LogP contribution in [0.5, 0.6) is 0 Å². The van der Waals surface area contributed by atoms with Crippen LogP contribution in [0.2, 0.25) is 0 Å². The molecule has 1 atom stereocenters. The van der Waals surface area contributed by atoms with Gasteiger partial charge < -0.3 is 15.1 Å². The van der Waals surface area contributed by atoms with Gasteiger partial charge in [-0.05, 0) is 43.7 Å². The summed E-state index contributed by atoms with van der Waals surface area (Å²) in [5.74, 6) is 0.819. The lowest BCUT2D eigenvalue weighted by Gasteiger charge is -2.33. The Morgan fingerprint density at radius 1 is 1.16 bits per heavy atom. The van der Waals surface area contributed by atoms with Crippen LogP contribution in [0.4, 0.5) is 11.5 Å². The van der Waals surface area contributed by atoms with Crippen LogP contribution in [0.15, 0.2) is 36.7 Å². The molecule has 2 aromatic heterocycles. The van der Waals surface area contributed by atoms with Crippen LogP contribution in [0.3, 0.4) is 0 Å². The number of piperazine rings is 1. The van der Waals surface area contributed by atoms with Gasteiger partial charge in [0.1, 0.15) is 5.82 Å². The zero-order chi connectivity index (χ0) is 17.2. The van der Waals surface area contributed by atoms with Crippen LogP contribution in [-0.2, 0) is 11.2 Å². The predicted octanol–water partition coefficient (Wildman–Crippen LogP) is 1.90. The van der Waals surface area contributed by atoms with Gasteiger partial charge in [0.2, 0.25) is 5.91 Å². The largest absolute Gasteiger partial charge is 0.354 e. The number of aromatic nitrogens is 2. The number of amides is 1. The number of fused-ring (bicyclic) bond motifs is 1. The number of carbonyl (C=O) groups is 1. The summed E-state index contributed by atoms with van der Waals surface area (Å²) in [6.45, 7) is 4.07. The highest BCUT2D eigenvalue weighted by atomic mass is 16.1. The summed E-state index contributed by atoms with van der Waals surface area (Å²) in [4.78, 5) is 26.1. The predicted molar refractivity (Wildman–Crippen MR) is 97.9 cm³/mol. The fourth-order valence-electron chi connectivity index (χ4n) is 3.58. The second-order valence-electron chi connectivity index (χ2n) is 6.82.